The first-order chi connectivity index (χ1) is 11.5. The smallest absolute Gasteiger partial charge is 0.135 e. The van der Waals surface area contributed by atoms with Crippen molar-refractivity contribution in [3.8, 4) is 23.3 Å². The average Bonchev–Trinajstić information content (AvgIpc) is 2.58. The fourth-order valence-corrected chi connectivity index (χ4v) is 2.16. The average molecular weight is 327 g/mol. The van der Waals surface area contributed by atoms with E-state index in [4.69, 9.17) is 14.7 Å². The van der Waals surface area contributed by atoms with Gasteiger partial charge in [-0.15, -0.1) is 0 Å². The third kappa shape index (κ3) is 3.67. The van der Waals surface area contributed by atoms with Gasteiger partial charge < -0.3 is 29.8 Å². The Balaban J connectivity index is 2.39. The van der Waals surface area contributed by atoms with Crippen molar-refractivity contribution in [1.82, 2.24) is 0 Å². The highest BCUT2D eigenvalue weighted by molar-refractivity contribution is 5.78. The van der Waals surface area contributed by atoms with Crippen molar-refractivity contribution in [2.75, 3.05) is 19.5 Å². The lowest BCUT2D eigenvalue weighted by atomic mass is 10.1. The van der Waals surface area contributed by atoms with Crippen molar-refractivity contribution >= 4 is 11.7 Å². The molecule has 0 heterocycles. The molecule has 7 nitrogen and oxygen atoms in total. The number of anilines is 1. The number of carboxylic acid groups (broad SMARTS) is 1. The number of aliphatic carboxylic acids is 1. The summed E-state index contributed by atoms with van der Waals surface area (Å²) in [4.78, 5) is 11.5. The van der Waals surface area contributed by atoms with Crippen LogP contribution >= 0.6 is 0 Å². The summed E-state index contributed by atoms with van der Waals surface area (Å²) in [5.74, 6) is -0.753. The van der Waals surface area contributed by atoms with Crippen LogP contribution in [0.15, 0.2) is 36.4 Å². The summed E-state index contributed by atoms with van der Waals surface area (Å²) in [6, 6.07) is 9.46. The van der Waals surface area contributed by atoms with E-state index in [9.17, 15) is 15.0 Å². The molecule has 0 aliphatic carbocycles. The first kappa shape index (κ1) is 17.0. The van der Waals surface area contributed by atoms with Crippen molar-refractivity contribution in [3.05, 3.63) is 47.5 Å². The van der Waals surface area contributed by atoms with Crippen LogP contribution in [0.2, 0.25) is 0 Å². The molecule has 2 rings (SSSR count). The highest BCUT2D eigenvalue weighted by Gasteiger charge is 2.16. The van der Waals surface area contributed by atoms with Crippen molar-refractivity contribution in [3.63, 3.8) is 0 Å². The van der Waals surface area contributed by atoms with E-state index in [0.717, 1.165) is 0 Å². The molecule has 0 saturated heterocycles. The molecule has 124 valence electrons. The molecule has 0 aliphatic rings. The number of aromatic hydroxyl groups is 1. The quantitative estimate of drug-likeness (QED) is 0.818. The van der Waals surface area contributed by atoms with Gasteiger partial charge in [-0.1, -0.05) is 0 Å². The van der Waals surface area contributed by atoms with Crippen LogP contribution in [0.4, 0.5) is 5.69 Å². The molecule has 0 radical (unpaired) electrons. The SMILES string of the molecule is COc1cc(OC)cc(C(Nc2ccc(C#N)c(O)c2)C(=O)[O-])c1. The van der Waals surface area contributed by atoms with Crippen LogP contribution in [0.3, 0.4) is 0 Å². The minimum Gasteiger partial charge on any atom is -0.548 e. The largest absolute Gasteiger partial charge is 0.548 e. The van der Waals surface area contributed by atoms with Crippen molar-refractivity contribution in [2.45, 2.75) is 6.04 Å². The lowest BCUT2D eigenvalue weighted by Crippen LogP contribution is -2.34. The van der Waals surface area contributed by atoms with E-state index < -0.39 is 12.0 Å². The molecule has 1 unspecified atom stereocenters. The minimum absolute atomic E-state index is 0.0913. The molecule has 0 fully saturated rings. The number of nitrogens with zero attached hydrogens (tertiary/aromatic N) is 1. The fourth-order valence-electron chi connectivity index (χ4n) is 2.16. The lowest BCUT2D eigenvalue weighted by Gasteiger charge is -2.22. The van der Waals surface area contributed by atoms with Gasteiger partial charge >= 0.3 is 0 Å². The zero-order chi connectivity index (χ0) is 17.7. The van der Waals surface area contributed by atoms with Gasteiger partial charge in [-0.2, -0.15) is 5.26 Å². The summed E-state index contributed by atoms with van der Waals surface area (Å²) in [6.45, 7) is 0. The predicted octanol–water partition coefficient (Wildman–Crippen LogP) is 1.18. The first-order valence-corrected chi connectivity index (χ1v) is 6.92. The second-order valence-electron chi connectivity index (χ2n) is 4.89. The Morgan fingerprint density at radius 2 is 1.83 bits per heavy atom. The molecule has 1 atom stereocenters. The number of ether oxygens (including phenoxy) is 2. The van der Waals surface area contributed by atoms with E-state index in [1.165, 1.54) is 32.4 Å². The van der Waals surface area contributed by atoms with Gasteiger partial charge in [-0.3, -0.25) is 0 Å². The maximum atomic E-state index is 11.5. The van der Waals surface area contributed by atoms with Crippen molar-refractivity contribution in [2.24, 2.45) is 0 Å². The monoisotopic (exact) mass is 327 g/mol. The number of carbonyl (C=O) groups is 1. The summed E-state index contributed by atoms with van der Waals surface area (Å²) < 4.78 is 10.3. The molecule has 2 aromatic rings. The van der Waals surface area contributed by atoms with Crippen LogP contribution in [0, 0.1) is 11.3 Å². The number of phenolic OH excluding ortho intramolecular Hbond substituents is 1. The van der Waals surface area contributed by atoms with Gasteiger partial charge in [0.25, 0.3) is 0 Å². The Morgan fingerprint density at radius 3 is 2.29 bits per heavy atom. The highest BCUT2D eigenvalue weighted by Crippen LogP contribution is 2.29. The van der Waals surface area contributed by atoms with Gasteiger partial charge in [0.2, 0.25) is 0 Å². The molecule has 0 saturated carbocycles. The number of phenols is 1. The number of nitriles is 1. The summed E-state index contributed by atoms with van der Waals surface area (Å²) in [5, 5.41) is 32.8. The summed E-state index contributed by atoms with van der Waals surface area (Å²) >= 11 is 0. The zero-order valence-corrected chi connectivity index (χ0v) is 13.1. The Hall–Kier alpha value is -3.40. The number of hydrogen-bond donors (Lipinski definition) is 2. The fraction of sp³-hybridized carbons (Fsp3) is 0.176. The Kier molecular flexibility index (Phi) is 5.12. The predicted molar refractivity (Wildman–Crippen MR) is 83.7 cm³/mol. The molecular formula is C17H15N2O5-. The molecule has 24 heavy (non-hydrogen) atoms. The molecule has 0 aromatic heterocycles. The van der Waals surface area contributed by atoms with Crippen molar-refractivity contribution in [1.29, 1.82) is 5.26 Å². The van der Waals surface area contributed by atoms with Crippen LogP contribution in [0.5, 0.6) is 17.2 Å². The molecule has 0 spiro atoms. The third-order valence-corrected chi connectivity index (χ3v) is 3.37. The van der Waals surface area contributed by atoms with Crippen LogP contribution in [-0.2, 0) is 4.79 Å². The number of carbonyl (C=O) groups excluding carboxylic acids is 1. The van der Waals surface area contributed by atoms with Gasteiger partial charge in [0, 0.05) is 17.8 Å². The van der Waals surface area contributed by atoms with Crippen LogP contribution in [0.25, 0.3) is 0 Å². The number of carboxylic acids is 1. The molecule has 2 N–H and O–H groups in total. The number of nitrogens with one attached hydrogen (secondary N) is 1. The van der Waals surface area contributed by atoms with Gasteiger partial charge in [0.05, 0.1) is 31.8 Å². The number of methoxy groups -OCH3 is 2. The van der Waals surface area contributed by atoms with Gasteiger partial charge in [-0.25, -0.2) is 0 Å². The van der Waals surface area contributed by atoms with Crippen LogP contribution < -0.4 is 19.9 Å². The molecular weight excluding hydrogens is 312 g/mol. The second-order valence-corrected chi connectivity index (χ2v) is 4.89. The number of rotatable bonds is 6. The van der Waals surface area contributed by atoms with E-state index in [1.54, 1.807) is 18.2 Å². The maximum absolute atomic E-state index is 11.5. The van der Waals surface area contributed by atoms with E-state index in [2.05, 4.69) is 5.32 Å². The molecule has 0 aliphatic heterocycles. The Morgan fingerprint density at radius 1 is 1.21 bits per heavy atom. The maximum Gasteiger partial charge on any atom is 0.135 e. The van der Waals surface area contributed by atoms with Crippen LogP contribution in [0.1, 0.15) is 17.2 Å². The van der Waals surface area contributed by atoms with E-state index in [0.29, 0.717) is 22.7 Å². The Bertz CT molecular complexity index is 776. The van der Waals surface area contributed by atoms with Crippen LogP contribution in [-0.4, -0.2) is 25.3 Å². The topological polar surface area (TPSA) is 115 Å². The zero-order valence-electron chi connectivity index (χ0n) is 13.1. The van der Waals surface area contributed by atoms with Gasteiger partial charge in [-0.05, 0) is 29.8 Å². The standard InChI is InChI=1S/C17H16N2O5/c1-23-13-5-11(6-14(8-13)24-2)16(17(21)22)19-12-4-3-10(9-18)15(20)7-12/h3-8,16,19-20H,1-2H3,(H,21,22)/p-1. The van der Waals surface area contributed by atoms with Crippen molar-refractivity contribution < 1.29 is 24.5 Å². The van der Waals surface area contributed by atoms with Gasteiger partial charge in [0.1, 0.15) is 23.3 Å². The Labute approximate surface area is 138 Å². The van der Waals surface area contributed by atoms with E-state index >= 15 is 0 Å². The second kappa shape index (κ2) is 7.24. The summed E-state index contributed by atoms with van der Waals surface area (Å²) in [5.41, 5.74) is 0.770. The summed E-state index contributed by atoms with van der Waals surface area (Å²) in [7, 11) is 2.91. The van der Waals surface area contributed by atoms with E-state index in [1.807, 2.05) is 6.07 Å². The molecule has 0 bridgehead atoms. The number of benzene rings is 2. The first-order valence-electron chi connectivity index (χ1n) is 6.92. The highest BCUT2D eigenvalue weighted by atomic mass is 16.5. The van der Waals surface area contributed by atoms with E-state index in [-0.39, 0.29) is 11.3 Å². The minimum atomic E-state index is -1.37. The van der Waals surface area contributed by atoms with Gasteiger partial charge in [0.15, 0.2) is 0 Å². The third-order valence-electron chi connectivity index (χ3n) is 3.37. The summed E-state index contributed by atoms with van der Waals surface area (Å²) in [6.07, 6.45) is 0. The normalized spacial score (nSPS) is 11.2. The molecule has 2 aromatic carbocycles. The lowest BCUT2D eigenvalue weighted by molar-refractivity contribution is -0.307. The molecule has 0 amide bonds. The number of hydrogen-bond acceptors (Lipinski definition) is 7. The molecule has 7 heteroatoms.